The minimum absolute atomic E-state index is 0.252. The molecule has 5 nitrogen and oxygen atoms in total. The smallest absolute Gasteiger partial charge is 0.358 e. The molecule has 5 heteroatoms. The van der Waals surface area contributed by atoms with Crippen molar-refractivity contribution in [2.45, 2.75) is 19.3 Å². The summed E-state index contributed by atoms with van der Waals surface area (Å²) in [5, 5.41) is 9.12. The van der Waals surface area contributed by atoms with Crippen molar-refractivity contribution in [1.29, 1.82) is 5.26 Å². The highest BCUT2D eigenvalue weighted by atomic mass is 16.5. The summed E-state index contributed by atoms with van der Waals surface area (Å²) in [7, 11) is 1.32. The number of rotatable bonds is 3. The van der Waals surface area contributed by atoms with Gasteiger partial charge in [-0.25, -0.2) is 9.78 Å². The third-order valence-corrected chi connectivity index (χ3v) is 2.83. The number of methoxy groups -OCH3 is 1. The van der Waals surface area contributed by atoms with Gasteiger partial charge < -0.3 is 9.14 Å². The van der Waals surface area contributed by atoms with Crippen molar-refractivity contribution in [2.75, 3.05) is 7.11 Å². The highest BCUT2D eigenvalue weighted by molar-refractivity contribution is 5.95. The molecule has 2 aromatic heterocycles. The Morgan fingerprint density at radius 2 is 2.39 bits per heavy atom. The van der Waals surface area contributed by atoms with Gasteiger partial charge in [-0.15, -0.1) is 0 Å². The second-order valence-corrected chi connectivity index (χ2v) is 3.86. The van der Waals surface area contributed by atoms with Crippen molar-refractivity contribution in [3.63, 3.8) is 0 Å². The topological polar surface area (TPSA) is 67.4 Å². The molecule has 0 aromatic carbocycles. The van der Waals surface area contributed by atoms with Crippen LogP contribution in [-0.4, -0.2) is 22.5 Å². The molecule has 0 aliphatic rings. The van der Waals surface area contributed by atoms with E-state index in [2.05, 4.69) is 11.1 Å². The lowest BCUT2D eigenvalue weighted by Gasteiger charge is -2.03. The zero-order valence-corrected chi connectivity index (χ0v) is 10.3. The molecule has 92 valence electrons. The van der Waals surface area contributed by atoms with Crippen LogP contribution in [0, 0.1) is 11.3 Å². The first-order chi connectivity index (χ1) is 8.72. The fourth-order valence-corrected chi connectivity index (χ4v) is 1.89. The number of esters is 1. The predicted octanol–water partition coefficient (Wildman–Crippen LogP) is 2.14. The number of fused-ring (bicyclic) bond motifs is 1. The number of nitrogens with zero attached hydrogens (tertiary/aromatic N) is 3. The molecule has 2 heterocycles. The van der Waals surface area contributed by atoms with Gasteiger partial charge in [0.15, 0.2) is 5.69 Å². The number of aromatic nitrogens is 2. The summed E-state index contributed by atoms with van der Waals surface area (Å²) in [6.45, 7) is 1.91. The number of carbonyl (C=O) groups excluding carboxylic acids is 1. The van der Waals surface area contributed by atoms with Crippen LogP contribution in [0.1, 0.15) is 35.6 Å². The van der Waals surface area contributed by atoms with Crippen LogP contribution in [0.5, 0.6) is 0 Å². The van der Waals surface area contributed by atoms with Crippen LogP contribution in [0.4, 0.5) is 0 Å². The van der Waals surface area contributed by atoms with Crippen molar-refractivity contribution in [3.05, 3.63) is 35.9 Å². The number of carbonyl (C=O) groups is 1. The monoisotopic (exact) mass is 243 g/mol. The Labute approximate surface area is 105 Å². The quantitative estimate of drug-likeness (QED) is 0.774. The predicted molar refractivity (Wildman–Crippen MR) is 65.2 cm³/mol. The molecule has 1 unspecified atom stereocenters. The molecular weight excluding hydrogens is 230 g/mol. The standard InChI is InChI=1S/C13H13N3O2/c1-3-9(8-14)12-15-11(13(17)18-2)10-6-4-5-7-16(10)12/h4-7,9H,3H2,1-2H3. The molecule has 0 bridgehead atoms. The summed E-state index contributed by atoms with van der Waals surface area (Å²) >= 11 is 0. The zero-order valence-electron chi connectivity index (χ0n) is 10.3. The molecule has 18 heavy (non-hydrogen) atoms. The first-order valence-corrected chi connectivity index (χ1v) is 5.67. The van der Waals surface area contributed by atoms with E-state index in [9.17, 15) is 4.79 Å². The molecule has 0 N–H and O–H groups in total. The Kier molecular flexibility index (Phi) is 3.28. The van der Waals surface area contributed by atoms with Crippen LogP contribution in [0.15, 0.2) is 24.4 Å². The van der Waals surface area contributed by atoms with Crippen molar-refractivity contribution < 1.29 is 9.53 Å². The largest absolute Gasteiger partial charge is 0.464 e. The van der Waals surface area contributed by atoms with Gasteiger partial charge in [-0.3, -0.25) is 0 Å². The molecule has 2 aromatic rings. The van der Waals surface area contributed by atoms with Gasteiger partial charge in [-0.05, 0) is 18.6 Å². The first-order valence-electron chi connectivity index (χ1n) is 5.67. The van der Waals surface area contributed by atoms with Crippen LogP contribution < -0.4 is 0 Å². The van der Waals surface area contributed by atoms with Crippen molar-refractivity contribution >= 4 is 11.5 Å². The van der Waals surface area contributed by atoms with Gasteiger partial charge in [0.25, 0.3) is 0 Å². The van der Waals surface area contributed by atoms with Gasteiger partial charge in [-0.1, -0.05) is 13.0 Å². The van der Waals surface area contributed by atoms with E-state index in [4.69, 9.17) is 10.00 Å². The highest BCUT2D eigenvalue weighted by Crippen LogP contribution is 2.22. The summed E-state index contributed by atoms with van der Waals surface area (Å²) < 4.78 is 6.47. The lowest BCUT2D eigenvalue weighted by molar-refractivity contribution is 0.0597. The number of hydrogen-bond donors (Lipinski definition) is 0. The van der Waals surface area contributed by atoms with Gasteiger partial charge in [0.05, 0.1) is 18.7 Å². The highest BCUT2D eigenvalue weighted by Gasteiger charge is 2.21. The van der Waals surface area contributed by atoms with Gasteiger partial charge in [0.1, 0.15) is 11.7 Å². The lowest BCUT2D eigenvalue weighted by Crippen LogP contribution is -2.03. The minimum atomic E-state index is -0.488. The Balaban J connectivity index is 2.69. The maximum Gasteiger partial charge on any atom is 0.358 e. The third kappa shape index (κ3) is 1.82. The van der Waals surface area contributed by atoms with E-state index in [0.29, 0.717) is 17.8 Å². The van der Waals surface area contributed by atoms with Crippen LogP contribution in [-0.2, 0) is 4.74 Å². The molecule has 0 fully saturated rings. The summed E-state index contributed by atoms with van der Waals surface area (Å²) in [4.78, 5) is 15.9. The maximum absolute atomic E-state index is 11.7. The molecule has 0 amide bonds. The molecule has 0 saturated heterocycles. The SMILES string of the molecule is CCC(C#N)c1nc(C(=O)OC)c2ccccn12. The Hall–Kier alpha value is -2.35. The molecule has 0 radical (unpaired) electrons. The second-order valence-electron chi connectivity index (χ2n) is 3.86. The van der Waals surface area contributed by atoms with Gasteiger partial charge in [0, 0.05) is 6.20 Å². The molecule has 0 aliphatic carbocycles. The van der Waals surface area contributed by atoms with Crippen molar-refractivity contribution in [1.82, 2.24) is 9.38 Å². The molecule has 0 saturated carbocycles. The number of ether oxygens (including phenoxy) is 1. The molecule has 0 aliphatic heterocycles. The Morgan fingerprint density at radius 1 is 1.61 bits per heavy atom. The van der Waals surface area contributed by atoms with Crippen molar-refractivity contribution in [2.24, 2.45) is 0 Å². The van der Waals surface area contributed by atoms with Crippen LogP contribution in [0.3, 0.4) is 0 Å². The molecule has 2 rings (SSSR count). The third-order valence-electron chi connectivity index (χ3n) is 2.83. The number of nitriles is 1. The summed E-state index contributed by atoms with van der Waals surface area (Å²) in [5.41, 5.74) is 0.912. The van der Waals surface area contributed by atoms with Crippen LogP contribution in [0.2, 0.25) is 0 Å². The van der Waals surface area contributed by atoms with Gasteiger partial charge in [-0.2, -0.15) is 5.26 Å². The van der Waals surface area contributed by atoms with E-state index in [0.717, 1.165) is 0 Å². The minimum Gasteiger partial charge on any atom is -0.464 e. The van der Waals surface area contributed by atoms with Crippen LogP contribution in [0.25, 0.3) is 5.52 Å². The molecular formula is C13H13N3O2. The van der Waals surface area contributed by atoms with E-state index < -0.39 is 5.97 Å². The average molecular weight is 243 g/mol. The Morgan fingerprint density at radius 3 is 3.00 bits per heavy atom. The number of hydrogen-bond acceptors (Lipinski definition) is 4. The van der Waals surface area contributed by atoms with Crippen LogP contribution >= 0.6 is 0 Å². The lowest BCUT2D eigenvalue weighted by atomic mass is 10.1. The second kappa shape index (κ2) is 4.88. The van der Waals surface area contributed by atoms with E-state index >= 15 is 0 Å². The summed E-state index contributed by atoms with van der Waals surface area (Å²) in [6.07, 6.45) is 2.44. The van der Waals surface area contributed by atoms with E-state index in [1.165, 1.54) is 7.11 Å². The molecule has 1 atom stereocenters. The maximum atomic E-state index is 11.7. The Bertz CT molecular complexity index is 625. The summed E-state index contributed by atoms with van der Waals surface area (Å²) in [5.74, 6) is -0.243. The average Bonchev–Trinajstić information content (AvgIpc) is 2.79. The zero-order chi connectivity index (χ0) is 13.1. The van der Waals surface area contributed by atoms with E-state index in [1.54, 1.807) is 16.7 Å². The fourth-order valence-electron chi connectivity index (χ4n) is 1.89. The number of imidazole rings is 1. The van der Waals surface area contributed by atoms with Gasteiger partial charge >= 0.3 is 5.97 Å². The molecule has 0 spiro atoms. The van der Waals surface area contributed by atoms with E-state index in [-0.39, 0.29) is 11.6 Å². The first kappa shape index (κ1) is 12.1. The van der Waals surface area contributed by atoms with Gasteiger partial charge in [0.2, 0.25) is 0 Å². The normalized spacial score (nSPS) is 12.1. The number of pyridine rings is 1. The van der Waals surface area contributed by atoms with Crippen molar-refractivity contribution in [3.8, 4) is 6.07 Å². The fraction of sp³-hybridized carbons (Fsp3) is 0.308. The summed E-state index contributed by atoms with van der Waals surface area (Å²) in [6, 6.07) is 7.64. The van der Waals surface area contributed by atoms with E-state index in [1.807, 2.05) is 19.1 Å².